The van der Waals surface area contributed by atoms with Crippen molar-refractivity contribution in [3.8, 4) is 22.6 Å². The van der Waals surface area contributed by atoms with Gasteiger partial charge in [0.15, 0.2) is 0 Å². The highest BCUT2D eigenvalue weighted by Gasteiger charge is 2.39. The first-order valence-corrected chi connectivity index (χ1v) is 23.3. The van der Waals surface area contributed by atoms with Crippen molar-refractivity contribution in [1.29, 1.82) is 0 Å². The van der Waals surface area contributed by atoms with Gasteiger partial charge in [-0.05, 0) is 73.2 Å². The number of halogens is 7. The molecule has 406 valence electrons. The van der Waals surface area contributed by atoms with Crippen molar-refractivity contribution in [1.82, 2.24) is 20.1 Å². The molecule has 0 bridgehead atoms. The summed E-state index contributed by atoms with van der Waals surface area (Å²) in [5.74, 6) is -5.29. The molecule has 0 unspecified atom stereocenters. The maximum Gasteiger partial charge on any atom is 0.490 e. The third-order valence-corrected chi connectivity index (χ3v) is 11.6. The number of methoxy groups -OCH3 is 1. The number of nitrogens with zero attached hydrogens (tertiary/aromatic N) is 2. The van der Waals surface area contributed by atoms with Gasteiger partial charge in [-0.1, -0.05) is 66.2 Å². The number of hydrogen-bond donors (Lipinski definition) is 8. The fraction of sp³-hybridized carbons (Fsp3) is 0.360. The van der Waals surface area contributed by atoms with Crippen LogP contribution in [-0.4, -0.2) is 137 Å². The van der Waals surface area contributed by atoms with Crippen LogP contribution in [0.4, 0.5) is 42.5 Å². The standard InChI is InChI=1S/C46H53ClN6O8.2C2HF3O2/c1-52(44(58)21-26-53-24-19-32(20-25-53)61-46(59)50-37-12-7-6-11-33(37)30-9-4-3-5-10-30)23-8-13-42(56)49-38-28-41(60-2)31(27-36(38)47)18-22-48-29-40(55)34-14-16-39(54)45-35(34)15-17-43(57)51-45;2*3-2(4,5)1(6)7/h3-7,9-12,14-17,27-28,32,40,48,54-55H,8,13,18-26,29H2,1-2H3,(H,49,56)(H,50,59)(H,51,57);2*(H,6,7)/t40-;;/m0../s1. The number of amides is 3. The number of anilines is 2. The predicted octanol–water partition coefficient (Wildman–Crippen LogP) is 7.98. The fourth-order valence-electron chi connectivity index (χ4n) is 7.46. The van der Waals surface area contributed by atoms with Crippen LogP contribution in [0.5, 0.6) is 11.5 Å². The lowest BCUT2D eigenvalue weighted by Gasteiger charge is -2.31. The molecule has 6 rings (SSSR count). The molecule has 0 aliphatic carbocycles. The number of H-pyrrole nitrogens is 1. The molecule has 0 radical (unpaired) electrons. The number of likely N-dealkylation sites (tertiary alicyclic amines) is 1. The summed E-state index contributed by atoms with van der Waals surface area (Å²) in [5.41, 5.74) is 4.33. The number of benzene rings is 4. The SMILES string of the molecule is COc1cc(NC(=O)CCCN(C)C(=O)CCN2CCC(OC(=O)Nc3ccccc3-c3ccccc3)CC2)c(Cl)cc1CCNC[C@H](O)c1ccc(O)c2[nH]c(=O)ccc12.O=C(O)C(F)(F)F.O=C(O)C(F)(F)F. The molecule has 25 heteroatoms. The Labute approximate surface area is 430 Å². The first kappa shape index (κ1) is 60.1. The third kappa shape index (κ3) is 19.4. The second kappa shape index (κ2) is 28.3. The number of phenols is 1. The highest BCUT2D eigenvalue weighted by atomic mass is 35.5. The number of piperidine rings is 1. The van der Waals surface area contributed by atoms with Crippen molar-refractivity contribution in [3.05, 3.63) is 117 Å². The summed E-state index contributed by atoms with van der Waals surface area (Å²) in [6.45, 7) is 3.16. The smallest absolute Gasteiger partial charge is 0.490 e. The minimum absolute atomic E-state index is 0.00553. The number of aliphatic carboxylic acids is 2. The van der Waals surface area contributed by atoms with E-state index in [1.165, 1.54) is 19.2 Å². The highest BCUT2D eigenvalue weighted by Crippen LogP contribution is 2.33. The minimum atomic E-state index is -5.08. The molecule has 1 aromatic heterocycles. The number of carbonyl (C=O) groups is 5. The van der Waals surface area contributed by atoms with Gasteiger partial charge in [-0.15, -0.1) is 0 Å². The van der Waals surface area contributed by atoms with Crippen molar-refractivity contribution in [3.63, 3.8) is 0 Å². The molecule has 2 heterocycles. The van der Waals surface area contributed by atoms with E-state index < -0.39 is 36.5 Å². The first-order valence-electron chi connectivity index (χ1n) is 23.0. The van der Waals surface area contributed by atoms with Crippen LogP contribution in [0.25, 0.3) is 22.0 Å². The Hall–Kier alpha value is -7.41. The molecule has 8 N–H and O–H groups in total. The summed E-state index contributed by atoms with van der Waals surface area (Å²) >= 11 is 6.58. The number of ether oxygens (including phenoxy) is 2. The number of nitrogens with one attached hydrogen (secondary N) is 4. The predicted molar refractivity (Wildman–Crippen MR) is 265 cm³/mol. The van der Waals surface area contributed by atoms with Crippen molar-refractivity contribution in [2.24, 2.45) is 0 Å². The minimum Gasteiger partial charge on any atom is -0.506 e. The van der Waals surface area contributed by atoms with Crippen LogP contribution < -0.4 is 26.2 Å². The lowest BCUT2D eigenvalue weighted by atomic mass is 10.0. The Kier molecular flexibility index (Phi) is 22.7. The molecule has 1 aliphatic rings. The third-order valence-electron chi connectivity index (χ3n) is 11.3. The number of fused-ring (bicyclic) bond motifs is 1. The van der Waals surface area contributed by atoms with E-state index in [2.05, 4.69) is 25.8 Å². The molecule has 1 fully saturated rings. The van der Waals surface area contributed by atoms with E-state index in [9.17, 15) is 55.7 Å². The molecule has 1 saturated heterocycles. The van der Waals surface area contributed by atoms with Crippen LogP contribution in [-0.2, 0) is 30.3 Å². The van der Waals surface area contributed by atoms with Crippen molar-refractivity contribution >= 4 is 63.7 Å². The number of aromatic amines is 1. The topological polar surface area (TPSA) is 260 Å². The highest BCUT2D eigenvalue weighted by molar-refractivity contribution is 6.33. The number of carboxylic acids is 2. The van der Waals surface area contributed by atoms with Crippen LogP contribution in [0.1, 0.15) is 49.3 Å². The van der Waals surface area contributed by atoms with E-state index in [4.69, 9.17) is 40.9 Å². The summed E-state index contributed by atoms with van der Waals surface area (Å²) < 4.78 is 74.8. The molecule has 1 atom stereocenters. The van der Waals surface area contributed by atoms with Crippen molar-refractivity contribution in [2.75, 3.05) is 64.1 Å². The van der Waals surface area contributed by atoms with Crippen LogP contribution in [0.15, 0.2) is 95.8 Å². The Morgan fingerprint density at radius 2 is 1.48 bits per heavy atom. The van der Waals surface area contributed by atoms with Gasteiger partial charge in [-0.3, -0.25) is 19.7 Å². The van der Waals surface area contributed by atoms with E-state index in [1.54, 1.807) is 36.2 Å². The summed E-state index contributed by atoms with van der Waals surface area (Å²) in [7, 11) is 3.28. The van der Waals surface area contributed by atoms with Gasteiger partial charge in [-0.25, -0.2) is 14.4 Å². The molecular formula is C50H55ClF6N6O12. The second-order valence-electron chi connectivity index (χ2n) is 16.7. The number of aliphatic hydroxyl groups is 1. The maximum atomic E-state index is 12.9. The fourth-order valence-corrected chi connectivity index (χ4v) is 7.69. The largest absolute Gasteiger partial charge is 0.506 e. The quantitative estimate of drug-likeness (QED) is 0.0306. The summed E-state index contributed by atoms with van der Waals surface area (Å²) in [6, 6.07) is 26.9. The number of para-hydroxylation sites is 1. The summed E-state index contributed by atoms with van der Waals surface area (Å²) in [6.07, 6.45) is -8.86. The van der Waals surface area contributed by atoms with Gasteiger partial charge in [0.1, 0.15) is 17.6 Å². The maximum absolute atomic E-state index is 12.9. The number of phenolic OH excluding ortho intramolecular Hbond substituents is 1. The first-order chi connectivity index (χ1) is 35.4. The van der Waals surface area contributed by atoms with Crippen molar-refractivity contribution < 1.29 is 80.2 Å². The number of pyridine rings is 1. The lowest BCUT2D eigenvalue weighted by Crippen LogP contribution is -2.40. The number of alkyl halides is 6. The average molecular weight is 1080 g/mol. The average Bonchev–Trinajstić information content (AvgIpc) is 3.36. The van der Waals surface area contributed by atoms with E-state index in [-0.39, 0.29) is 47.7 Å². The molecule has 75 heavy (non-hydrogen) atoms. The zero-order valence-electron chi connectivity index (χ0n) is 40.4. The van der Waals surface area contributed by atoms with E-state index >= 15 is 0 Å². The normalized spacial score (nSPS) is 13.3. The summed E-state index contributed by atoms with van der Waals surface area (Å²) in [4.78, 5) is 74.6. The van der Waals surface area contributed by atoms with Gasteiger partial charge < -0.3 is 55.3 Å². The molecule has 4 aromatic carbocycles. The molecule has 3 amide bonds. The number of carbonyl (C=O) groups excluding carboxylic acids is 3. The Balaban J connectivity index is 0.000000763. The van der Waals surface area contributed by atoms with Gasteiger partial charge in [0.2, 0.25) is 17.4 Å². The molecule has 0 spiro atoms. The number of hydrogen-bond acceptors (Lipinski definition) is 12. The molecule has 18 nitrogen and oxygen atoms in total. The Morgan fingerprint density at radius 1 is 0.853 bits per heavy atom. The number of carboxylic acid groups (broad SMARTS) is 2. The molecule has 0 saturated carbocycles. The van der Waals surface area contributed by atoms with Gasteiger partial charge >= 0.3 is 30.4 Å². The van der Waals surface area contributed by atoms with E-state index in [0.29, 0.717) is 84.8 Å². The number of aromatic nitrogens is 1. The Bertz CT molecular complexity index is 2770. The molecule has 5 aromatic rings. The van der Waals surface area contributed by atoms with E-state index in [0.717, 1.165) is 29.8 Å². The van der Waals surface area contributed by atoms with Crippen LogP contribution in [0.2, 0.25) is 5.02 Å². The molecular weight excluding hydrogens is 1030 g/mol. The van der Waals surface area contributed by atoms with Gasteiger partial charge in [0.25, 0.3) is 0 Å². The van der Waals surface area contributed by atoms with Crippen molar-refractivity contribution in [2.45, 2.75) is 63.1 Å². The van der Waals surface area contributed by atoms with Crippen LogP contribution >= 0.6 is 11.6 Å². The lowest BCUT2D eigenvalue weighted by molar-refractivity contribution is -0.193. The number of rotatable bonds is 18. The van der Waals surface area contributed by atoms with Gasteiger partial charge in [-0.2, -0.15) is 26.3 Å². The summed E-state index contributed by atoms with van der Waals surface area (Å²) in [5, 5.41) is 45.1. The van der Waals surface area contributed by atoms with Gasteiger partial charge in [0.05, 0.1) is 35.1 Å². The van der Waals surface area contributed by atoms with E-state index in [1.807, 2.05) is 54.6 Å². The van der Waals surface area contributed by atoms with Crippen LogP contribution in [0, 0.1) is 0 Å². The molecule has 1 aliphatic heterocycles. The number of aromatic hydroxyl groups is 1. The van der Waals surface area contributed by atoms with Gasteiger partial charge in [0, 0.05) is 75.7 Å². The monoisotopic (exact) mass is 1080 g/mol. The second-order valence-corrected chi connectivity index (χ2v) is 17.1. The Morgan fingerprint density at radius 3 is 2.11 bits per heavy atom. The zero-order chi connectivity index (χ0) is 55.5. The van der Waals surface area contributed by atoms with Crippen LogP contribution in [0.3, 0.4) is 0 Å². The zero-order valence-corrected chi connectivity index (χ0v) is 41.2. The number of aliphatic hydroxyl groups excluding tert-OH is 1.